The fourth-order valence-corrected chi connectivity index (χ4v) is 3.81. The van der Waals surface area contributed by atoms with Gasteiger partial charge in [-0.25, -0.2) is 19.2 Å². The van der Waals surface area contributed by atoms with Gasteiger partial charge in [-0.3, -0.25) is 13.9 Å². The third kappa shape index (κ3) is 3.80. The molecule has 0 aliphatic carbocycles. The van der Waals surface area contributed by atoms with Gasteiger partial charge in [-0.1, -0.05) is 32.0 Å². The van der Waals surface area contributed by atoms with Gasteiger partial charge in [0.15, 0.2) is 5.65 Å². The van der Waals surface area contributed by atoms with Crippen molar-refractivity contribution in [3.8, 4) is 0 Å². The molecule has 6 nitrogen and oxygen atoms in total. The molecule has 0 spiro atoms. The van der Waals surface area contributed by atoms with Gasteiger partial charge in [0, 0.05) is 26.3 Å². The number of fused-ring (bicyclic) bond motifs is 1. The highest BCUT2D eigenvalue weighted by molar-refractivity contribution is 7.98. The summed E-state index contributed by atoms with van der Waals surface area (Å²) in [7, 11) is 3.01. The van der Waals surface area contributed by atoms with Gasteiger partial charge in [-0.15, -0.1) is 11.8 Å². The van der Waals surface area contributed by atoms with Crippen LogP contribution in [0.5, 0.6) is 0 Å². The number of rotatable bonds is 5. The van der Waals surface area contributed by atoms with E-state index in [1.54, 1.807) is 25.2 Å². The zero-order valence-electron chi connectivity index (χ0n) is 15.7. The Balaban J connectivity index is 2.18. The molecule has 3 rings (SSSR count). The topological polar surface area (TPSA) is 69.8 Å². The molecule has 0 atom stereocenters. The molecule has 8 heteroatoms. The van der Waals surface area contributed by atoms with Crippen molar-refractivity contribution < 1.29 is 4.39 Å². The molecule has 27 heavy (non-hydrogen) atoms. The number of aromatic nitrogens is 4. The molecule has 0 aliphatic heterocycles. The molecule has 142 valence electrons. The van der Waals surface area contributed by atoms with Gasteiger partial charge >= 0.3 is 5.69 Å². The molecule has 0 unspecified atom stereocenters. The SMILES string of the molecule is CC(C)Cc1nc(SCc2ccccc2F)c2c(=O)n(C)c(=O)n(C)c2n1. The van der Waals surface area contributed by atoms with E-state index in [2.05, 4.69) is 9.97 Å². The van der Waals surface area contributed by atoms with E-state index in [4.69, 9.17) is 0 Å². The van der Waals surface area contributed by atoms with Crippen molar-refractivity contribution in [3.05, 3.63) is 62.3 Å². The van der Waals surface area contributed by atoms with Crippen molar-refractivity contribution in [3.63, 3.8) is 0 Å². The fourth-order valence-electron chi connectivity index (χ4n) is 2.79. The standard InChI is InChI=1S/C19H21FN4O2S/c1-11(2)9-14-21-16-15(18(25)24(4)19(26)23(16)3)17(22-14)27-10-12-7-5-6-8-13(12)20/h5-8,11H,9-10H2,1-4H3. The lowest BCUT2D eigenvalue weighted by Gasteiger charge is -2.13. The lowest BCUT2D eigenvalue weighted by Crippen LogP contribution is -2.38. The first kappa shape index (κ1) is 19.3. The monoisotopic (exact) mass is 388 g/mol. The van der Waals surface area contributed by atoms with E-state index >= 15 is 0 Å². The Morgan fingerprint density at radius 1 is 1.11 bits per heavy atom. The fraction of sp³-hybridized carbons (Fsp3) is 0.368. The van der Waals surface area contributed by atoms with Crippen LogP contribution in [0.4, 0.5) is 4.39 Å². The second-order valence-corrected chi connectivity index (χ2v) is 7.79. The molecule has 0 radical (unpaired) electrons. The van der Waals surface area contributed by atoms with Crippen LogP contribution in [0.3, 0.4) is 0 Å². The Hall–Kier alpha value is -2.48. The second-order valence-electron chi connectivity index (χ2n) is 6.83. The molecule has 0 N–H and O–H groups in total. The van der Waals surface area contributed by atoms with Crippen LogP contribution in [-0.4, -0.2) is 19.1 Å². The lowest BCUT2D eigenvalue weighted by atomic mass is 10.1. The second kappa shape index (κ2) is 7.64. The zero-order chi connectivity index (χ0) is 19.7. The van der Waals surface area contributed by atoms with Crippen molar-refractivity contribution in [1.29, 1.82) is 0 Å². The Kier molecular flexibility index (Phi) is 5.46. The number of aryl methyl sites for hydroxylation is 1. The zero-order valence-corrected chi connectivity index (χ0v) is 16.5. The van der Waals surface area contributed by atoms with E-state index in [1.165, 1.54) is 29.4 Å². The highest BCUT2D eigenvalue weighted by atomic mass is 32.2. The number of hydrogen-bond acceptors (Lipinski definition) is 5. The van der Waals surface area contributed by atoms with Crippen LogP contribution < -0.4 is 11.2 Å². The third-order valence-corrected chi connectivity index (χ3v) is 5.25. The molecule has 0 bridgehead atoms. The predicted molar refractivity (Wildman–Crippen MR) is 105 cm³/mol. The third-order valence-electron chi connectivity index (χ3n) is 4.23. The molecule has 1 aromatic carbocycles. The maximum absolute atomic E-state index is 14.0. The van der Waals surface area contributed by atoms with Gasteiger partial charge in [0.25, 0.3) is 5.56 Å². The summed E-state index contributed by atoms with van der Waals surface area (Å²) in [5.74, 6) is 0.907. The summed E-state index contributed by atoms with van der Waals surface area (Å²) in [6, 6.07) is 6.51. The molecular weight excluding hydrogens is 367 g/mol. The van der Waals surface area contributed by atoms with Crippen molar-refractivity contribution in [1.82, 2.24) is 19.1 Å². The smallest absolute Gasteiger partial charge is 0.280 e. The molecule has 0 saturated heterocycles. The first-order valence-corrected chi connectivity index (χ1v) is 9.61. The normalized spacial score (nSPS) is 11.5. The number of thioether (sulfide) groups is 1. The molecular formula is C19H21FN4O2S. The summed E-state index contributed by atoms with van der Waals surface area (Å²) in [4.78, 5) is 34.0. The summed E-state index contributed by atoms with van der Waals surface area (Å²) in [6.07, 6.45) is 0.618. The van der Waals surface area contributed by atoms with Crippen LogP contribution in [0.1, 0.15) is 25.2 Å². The number of benzene rings is 1. The number of hydrogen-bond donors (Lipinski definition) is 0. The Bertz CT molecular complexity index is 1120. The Morgan fingerprint density at radius 2 is 1.81 bits per heavy atom. The van der Waals surface area contributed by atoms with E-state index in [1.807, 2.05) is 13.8 Å². The van der Waals surface area contributed by atoms with Crippen LogP contribution in [0.2, 0.25) is 0 Å². The predicted octanol–water partition coefficient (Wildman–Crippen LogP) is 2.66. The summed E-state index contributed by atoms with van der Waals surface area (Å²) >= 11 is 1.28. The summed E-state index contributed by atoms with van der Waals surface area (Å²) in [5.41, 5.74) is -0.0434. The van der Waals surface area contributed by atoms with Gasteiger partial charge in [0.05, 0.1) is 0 Å². The maximum Gasteiger partial charge on any atom is 0.332 e. The van der Waals surface area contributed by atoms with Crippen LogP contribution >= 0.6 is 11.8 Å². The molecule has 2 heterocycles. The first-order valence-electron chi connectivity index (χ1n) is 8.62. The van der Waals surface area contributed by atoms with Crippen LogP contribution in [-0.2, 0) is 26.3 Å². The maximum atomic E-state index is 14.0. The van der Waals surface area contributed by atoms with Crippen molar-refractivity contribution in [2.24, 2.45) is 20.0 Å². The van der Waals surface area contributed by atoms with E-state index < -0.39 is 11.2 Å². The van der Waals surface area contributed by atoms with E-state index in [0.717, 1.165) is 4.57 Å². The van der Waals surface area contributed by atoms with Gasteiger partial charge in [0.2, 0.25) is 0 Å². The van der Waals surface area contributed by atoms with Crippen LogP contribution in [0, 0.1) is 11.7 Å². The van der Waals surface area contributed by atoms with Gasteiger partial charge in [0.1, 0.15) is 22.1 Å². The van der Waals surface area contributed by atoms with Gasteiger partial charge in [-0.2, -0.15) is 0 Å². The summed E-state index contributed by atoms with van der Waals surface area (Å²) in [5, 5.41) is 0.753. The molecule has 0 fully saturated rings. The minimum atomic E-state index is -0.444. The average molecular weight is 388 g/mol. The van der Waals surface area contributed by atoms with E-state index in [0.29, 0.717) is 40.2 Å². The molecule has 3 aromatic rings. The van der Waals surface area contributed by atoms with Crippen molar-refractivity contribution in [2.45, 2.75) is 31.0 Å². The summed E-state index contributed by atoms with van der Waals surface area (Å²) < 4.78 is 16.4. The van der Waals surface area contributed by atoms with Crippen molar-refractivity contribution >= 4 is 22.8 Å². The van der Waals surface area contributed by atoms with Crippen LogP contribution in [0.25, 0.3) is 11.0 Å². The first-order chi connectivity index (χ1) is 12.8. The lowest BCUT2D eigenvalue weighted by molar-refractivity contribution is 0.613. The van der Waals surface area contributed by atoms with Crippen LogP contribution in [0.15, 0.2) is 38.9 Å². The highest BCUT2D eigenvalue weighted by Gasteiger charge is 2.18. The molecule has 0 saturated carbocycles. The number of nitrogens with zero attached hydrogens (tertiary/aromatic N) is 4. The van der Waals surface area contributed by atoms with Gasteiger partial charge in [-0.05, 0) is 17.5 Å². The quantitative estimate of drug-likeness (QED) is 0.496. The highest BCUT2D eigenvalue weighted by Crippen LogP contribution is 2.27. The number of halogens is 1. The average Bonchev–Trinajstić information content (AvgIpc) is 2.63. The Morgan fingerprint density at radius 3 is 2.48 bits per heavy atom. The molecule has 0 amide bonds. The minimum absolute atomic E-state index is 0.286. The van der Waals surface area contributed by atoms with Gasteiger partial charge < -0.3 is 0 Å². The molecule has 0 aliphatic rings. The van der Waals surface area contributed by atoms with E-state index in [9.17, 15) is 14.0 Å². The molecule has 2 aromatic heterocycles. The van der Waals surface area contributed by atoms with Crippen molar-refractivity contribution in [2.75, 3.05) is 0 Å². The van der Waals surface area contributed by atoms with E-state index in [-0.39, 0.29) is 11.2 Å². The minimum Gasteiger partial charge on any atom is -0.280 e. The summed E-state index contributed by atoms with van der Waals surface area (Å²) in [6.45, 7) is 4.09. The Labute approximate surface area is 160 Å². The largest absolute Gasteiger partial charge is 0.332 e.